The minimum atomic E-state index is -0.242. The van der Waals surface area contributed by atoms with E-state index < -0.39 is 0 Å². The van der Waals surface area contributed by atoms with E-state index in [1.807, 2.05) is 0 Å². The maximum atomic E-state index is 12.2. The summed E-state index contributed by atoms with van der Waals surface area (Å²) in [7, 11) is 0. The molecule has 0 aliphatic heterocycles. The molecule has 0 saturated heterocycles. The van der Waals surface area contributed by atoms with Crippen molar-refractivity contribution in [3.63, 3.8) is 0 Å². The highest BCUT2D eigenvalue weighted by Crippen LogP contribution is 2.67. The van der Waals surface area contributed by atoms with Crippen LogP contribution in [0.2, 0.25) is 5.02 Å². The Labute approximate surface area is 161 Å². The predicted molar refractivity (Wildman–Crippen MR) is 95.6 cm³/mol. The van der Waals surface area contributed by atoms with E-state index in [2.05, 4.69) is 15.5 Å². The molecule has 7 nitrogen and oxygen atoms in total. The van der Waals surface area contributed by atoms with E-state index in [-0.39, 0.29) is 35.5 Å². The summed E-state index contributed by atoms with van der Waals surface area (Å²) in [5, 5.41) is 21.5. The minimum Gasteiger partial charge on any atom is -0.484 e. The van der Waals surface area contributed by atoms with Gasteiger partial charge in [-0.3, -0.25) is 4.79 Å². The van der Waals surface area contributed by atoms with Crippen LogP contribution >= 0.6 is 11.6 Å². The van der Waals surface area contributed by atoms with Gasteiger partial charge in [0.15, 0.2) is 6.61 Å². The molecular formula is C19H20ClN3O4. The molecule has 2 N–H and O–H groups in total. The molecule has 0 unspecified atom stereocenters. The average Bonchev–Trinajstić information content (AvgIpc) is 3.02. The molecule has 27 heavy (non-hydrogen) atoms. The van der Waals surface area contributed by atoms with Gasteiger partial charge < -0.3 is 19.6 Å². The number of nitrogens with zero attached hydrogens (tertiary/aromatic N) is 2. The van der Waals surface area contributed by atoms with Crippen LogP contribution in [0, 0.1) is 0 Å². The molecule has 0 spiro atoms. The first kappa shape index (κ1) is 17.0. The molecular weight excluding hydrogens is 370 g/mol. The van der Waals surface area contributed by atoms with Crippen molar-refractivity contribution in [2.24, 2.45) is 0 Å². The number of aromatic nitrogens is 2. The molecule has 1 aromatic heterocycles. The standard InChI is InChI=1S/C19H20ClN3O4/c20-12-1-3-14(4-2-12)26-7-15(25)21-19-8-18(9-19,10-19)17-23-22-16(27-17)11-5-13(24)6-11/h1-4,11,13,24H,5-10H2,(H,21,25). The number of hydrogen-bond acceptors (Lipinski definition) is 6. The number of hydrogen-bond donors (Lipinski definition) is 2. The Kier molecular flexibility index (Phi) is 3.74. The van der Waals surface area contributed by atoms with Gasteiger partial charge >= 0.3 is 0 Å². The van der Waals surface area contributed by atoms with E-state index in [1.54, 1.807) is 24.3 Å². The number of rotatable bonds is 6. The largest absolute Gasteiger partial charge is 0.484 e. The first-order chi connectivity index (χ1) is 13.0. The first-order valence-electron chi connectivity index (χ1n) is 9.17. The average molecular weight is 390 g/mol. The molecule has 0 radical (unpaired) electrons. The Morgan fingerprint density at radius 2 is 1.96 bits per heavy atom. The summed E-state index contributed by atoms with van der Waals surface area (Å²) in [6, 6.07) is 6.92. The lowest BCUT2D eigenvalue weighted by Gasteiger charge is -2.68. The van der Waals surface area contributed by atoms with Gasteiger partial charge in [0, 0.05) is 16.5 Å². The molecule has 2 aromatic rings. The summed E-state index contributed by atoms with van der Waals surface area (Å²) >= 11 is 5.83. The maximum absolute atomic E-state index is 12.2. The second-order valence-electron chi connectivity index (χ2n) is 8.15. The van der Waals surface area contributed by atoms with Gasteiger partial charge in [-0.25, -0.2) is 0 Å². The Morgan fingerprint density at radius 3 is 2.63 bits per heavy atom. The second-order valence-corrected chi connectivity index (χ2v) is 8.59. The number of nitrogens with one attached hydrogen (secondary N) is 1. The number of carbonyl (C=O) groups is 1. The second kappa shape index (κ2) is 5.94. The summed E-state index contributed by atoms with van der Waals surface area (Å²) in [6.45, 7) is -0.0227. The summed E-state index contributed by atoms with van der Waals surface area (Å²) in [6.07, 6.45) is 3.61. The topological polar surface area (TPSA) is 97.5 Å². The molecule has 1 amide bonds. The van der Waals surface area contributed by atoms with Gasteiger partial charge in [0.1, 0.15) is 5.75 Å². The van der Waals surface area contributed by atoms with Crippen LogP contribution in [0.1, 0.15) is 49.8 Å². The lowest BCUT2D eigenvalue weighted by atomic mass is 9.39. The van der Waals surface area contributed by atoms with Gasteiger partial charge in [-0.1, -0.05) is 11.6 Å². The molecule has 8 heteroatoms. The van der Waals surface area contributed by atoms with Gasteiger partial charge in [-0.05, 0) is 56.4 Å². The maximum Gasteiger partial charge on any atom is 0.258 e. The van der Waals surface area contributed by atoms with E-state index in [0.717, 1.165) is 19.3 Å². The summed E-state index contributed by atoms with van der Waals surface area (Å²) < 4.78 is 11.4. The molecule has 4 aliphatic carbocycles. The highest BCUT2D eigenvalue weighted by Gasteiger charge is 2.71. The van der Waals surface area contributed by atoms with Crippen molar-refractivity contribution in [3.05, 3.63) is 41.1 Å². The third kappa shape index (κ3) is 2.89. The number of benzene rings is 1. The van der Waals surface area contributed by atoms with Crippen LogP contribution in [0.5, 0.6) is 5.75 Å². The van der Waals surface area contributed by atoms with Crippen molar-refractivity contribution >= 4 is 17.5 Å². The highest BCUT2D eigenvalue weighted by atomic mass is 35.5. The SMILES string of the molecule is O=C(COc1ccc(Cl)cc1)NC12CC(c3nnc(C4CC(O)C4)o3)(C1)C2. The molecule has 4 fully saturated rings. The minimum absolute atomic E-state index is 0.0227. The van der Waals surface area contributed by atoms with Gasteiger partial charge in [0.2, 0.25) is 11.8 Å². The van der Waals surface area contributed by atoms with Crippen LogP contribution in [-0.4, -0.2) is 39.5 Å². The Hall–Kier alpha value is -2.12. The van der Waals surface area contributed by atoms with Crippen LogP contribution in [0.15, 0.2) is 28.7 Å². The van der Waals surface area contributed by atoms with E-state index in [4.69, 9.17) is 20.8 Å². The highest BCUT2D eigenvalue weighted by molar-refractivity contribution is 6.30. The third-order valence-electron chi connectivity index (χ3n) is 5.98. The molecule has 4 saturated carbocycles. The smallest absolute Gasteiger partial charge is 0.258 e. The van der Waals surface area contributed by atoms with E-state index >= 15 is 0 Å². The van der Waals surface area contributed by atoms with Gasteiger partial charge in [0.25, 0.3) is 5.91 Å². The van der Waals surface area contributed by atoms with Gasteiger partial charge in [-0.15, -0.1) is 10.2 Å². The van der Waals surface area contributed by atoms with E-state index in [9.17, 15) is 9.90 Å². The fraction of sp³-hybridized carbons (Fsp3) is 0.526. The van der Waals surface area contributed by atoms with Crippen molar-refractivity contribution in [1.82, 2.24) is 15.5 Å². The lowest BCUT2D eigenvalue weighted by Crippen LogP contribution is -2.77. The zero-order chi connectivity index (χ0) is 18.6. The third-order valence-corrected chi connectivity index (χ3v) is 6.23. The van der Waals surface area contributed by atoms with Crippen LogP contribution < -0.4 is 10.1 Å². The van der Waals surface area contributed by atoms with Crippen molar-refractivity contribution in [2.45, 2.75) is 55.1 Å². The van der Waals surface area contributed by atoms with Gasteiger partial charge in [-0.2, -0.15) is 0 Å². The van der Waals surface area contributed by atoms with Crippen LogP contribution in [0.3, 0.4) is 0 Å². The number of halogens is 1. The van der Waals surface area contributed by atoms with Crippen molar-refractivity contribution < 1.29 is 19.1 Å². The zero-order valence-corrected chi connectivity index (χ0v) is 15.4. The monoisotopic (exact) mass is 389 g/mol. The van der Waals surface area contributed by atoms with Crippen molar-refractivity contribution in [1.29, 1.82) is 0 Å². The molecule has 142 valence electrons. The number of amides is 1. The Balaban J connectivity index is 1.12. The van der Waals surface area contributed by atoms with E-state index in [1.165, 1.54) is 0 Å². The summed E-state index contributed by atoms with van der Waals surface area (Å²) in [5.74, 6) is 1.98. The summed E-state index contributed by atoms with van der Waals surface area (Å²) in [4.78, 5) is 12.2. The van der Waals surface area contributed by atoms with Crippen LogP contribution in [0.4, 0.5) is 0 Å². The molecule has 6 rings (SSSR count). The fourth-order valence-corrected chi connectivity index (χ4v) is 4.69. The quantitative estimate of drug-likeness (QED) is 0.787. The molecule has 0 atom stereocenters. The van der Waals surface area contributed by atoms with E-state index in [0.29, 0.717) is 35.4 Å². The predicted octanol–water partition coefficient (Wildman–Crippen LogP) is 2.33. The normalized spacial score (nSPS) is 33.4. The van der Waals surface area contributed by atoms with Crippen LogP contribution in [0.25, 0.3) is 0 Å². The van der Waals surface area contributed by atoms with Gasteiger partial charge in [0.05, 0.1) is 11.5 Å². The number of aliphatic hydroxyl groups excluding tert-OH is 1. The molecule has 1 aromatic carbocycles. The van der Waals surface area contributed by atoms with Crippen molar-refractivity contribution in [2.75, 3.05) is 6.61 Å². The molecule has 1 heterocycles. The fourth-order valence-electron chi connectivity index (χ4n) is 4.56. The zero-order valence-electron chi connectivity index (χ0n) is 14.7. The lowest BCUT2D eigenvalue weighted by molar-refractivity contribution is -0.143. The van der Waals surface area contributed by atoms with Crippen molar-refractivity contribution in [3.8, 4) is 5.75 Å². The first-order valence-corrected chi connectivity index (χ1v) is 9.55. The number of carbonyl (C=O) groups excluding carboxylic acids is 1. The number of aliphatic hydroxyl groups is 1. The number of ether oxygens (including phenoxy) is 1. The van der Waals surface area contributed by atoms with Crippen LogP contribution in [-0.2, 0) is 10.2 Å². The Morgan fingerprint density at radius 1 is 1.26 bits per heavy atom. The Bertz CT molecular complexity index is 856. The molecule has 4 aliphatic rings. The summed E-state index contributed by atoms with van der Waals surface area (Å²) in [5.41, 5.74) is -0.250. The molecule has 2 bridgehead atoms.